The van der Waals surface area contributed by atoms with Crippen molar-refractivity contribution in [3.05, 3.63) is 230 Å². The van der Waals surface area contributed by atoms with Crippen molar-refractivity contribution in [3.8, 4) is 22.3 Å². The van der Waals surface area contributed by atoms with Crippen LogP contribution in [-0.4, -0.2) is 0 Å². The average molecular weight is 883 g/mol. The Morgan fingerprint density at radius 3 is 1.00 bits per heavy atom. The molecule has 0 atom stereocenters. The van der Waals surface area contributed by atoms with Gasteiger partial charge in [0, 0.05) is 32.0 Å². The van der Waals surface area contributed by atoms with Crippen LogP contribution in [0.1, 0.15) is 44.5 Å². The van der Waals surface area contributed by atoms with E-state index in [0.717, 1.165) is 17.1 Å². The molecule has 8 aromatic carbocycles. The zero-order chi connectivity index (χ0) is 41.9. The lowest BCUT2D eigenvalue weighted by Crippen LogP contribution is -2.10. The second kappa shape index (κ2) is 20.2. The number of nitrogens with one attached hydrogen (secondary N) is 1. The predicted molar refractivity (Wildman–Crippen MR) is 265 cm³/mol. The molecule has 0 spiro atoms. The van der Waals surface area contributed by atoms with Crippen molar-refractivity contribution in [1.29, 1.82) is 0 Å². The minimum atomic E-state index is 1.15. The van der Waals surface area contributed by atoms with E-state index in [9.17, 15) is 0 Å². The van der Waals surface area contributed by atoms with Crippen LogP contribution in [0, 0.1) is 59.0 Å². The van der Waals surface area contributed by atoms with Crippen LogP contribution in [0.3, 0.4) is 0 Å². The van der Waals surface area contributed by atoms with E-state index < -0.39 is 0 Å². The largest absolute Gasteiger partial charge is 0.356 e. The maximum absolute atomic E-state index is 3.44. The summed E-state index contributed by atoms with van der Waals surface area (Å²) >= 11 is 2.32. The quantitative estimate of drug-likeness (QED) is 0.160. The van der Waals surface area contributed by atoms with Crippen LogP contribution in [0.15, 0.2) is 182 Å². The van der Waals surface area contributed by atoms with Crippen molar-refractivity contribution in [2.45, 2.75) is 55.4 Å². The minimum absolute atomic E-state index is 1.15. The smallest absolute Gasteiger partial charge is 0.0464 e. The molecule has 0 aromatic heterocycles. The zero-order valence-corrected chi connectivity index (χ0v) is 37.8. The van der Waals surface area contributed by atoms with E-state index in [1.54, 1.807) is 0 Å². The summed E-state index contributed by atoms with van der Waals surface area (Å²) < 4.78 is 1.28. The van der Waals surface area contributed by atoms with Gasteiger partial charge in [0.2, 0.25) is 0 Å². The predicted octanol–water partition coefficient (Wildman–Crippen LogP) is 16.7. The molecule has 0 amide bonds. The summed E-state index contributed by atoms with van der Waals surface area (Å²) in [5, 5.41) is 3.44. The highest BCUT2D eigenvalue weighted by atomic mass is 127. The normalized spacial score (nSPS) is 10.5. The third kappa shape index (κ3) is 11.6. The molecular formula is C56H55IN2. The number of hydrogen-bond acceptors (Lipinski definition) is 2. The van der Waals surface area contributed by atoms with Crippen molar-refractivity contribution >= 4 is 51.0 Å². The van der Waals surface area contributed by atoms with Gasteiger partial charge in [-0.25, -0.2) is 0 Å². The average Bonchev–Trinajstić information content (AvgIpc) is 3.25. The summed E-state index contributed by atoms with van der Waals surface area (Å²) in [7, 11) is 0. The molecule has 8 rings (SSSR count). The lowest BCUT2D eigenvalue weighted by atomic mass is 10.0. The van der Waals surface area contributed by atoms with Crippen LogP contribution < -0.4 is 10.2 Å². The van der Waals surface area contributed by atoms with Gasteiger partial charge in [-0.1, -0.05) is 109 Å². The van der Waals surface area contributed by atoms with Gasteiger partial charge in [0.1, 0.15) is 0 Å². The lowest BCUT2D eigenvalue weighted by Gasteiger charge is -2.27. The maximum Gasteiger partial charge on any atom is 0.0464 e. The molecule has 8 aromatic rings. The van der Waals surface area contributed by atoms with Crippen LogP contribution in [-0.2, 0) is 0 Å². The van der Waals surface area contributed by atoms with Crippen molar-refractivity contribution in [2.75, 3.05) is 10.2 Å². The van der Waals surface area contributed by atoms with Gasteiger partial charge in [0.05, 0.1) is 0 Å². The molecule has 59 heavy (non-hydrogen) atoms. The standard InChI is InChI=1S/C28H27N.C16H19N.C12H9I/c1-20-10-14-27(18-22(20)3)29(28-15-11-21(2)23(4)19-28)26-16-12-25(13-17-26)24-8-6-5-7-9-24;1-11-5-7-15(9-13(11)3)17-16-8-6-12(2)14(4)10-16;13-12-8-6-11(7-9-12)10-4-2-1-3-5-10/h5-19H,1-4H3;5-10,17H,1-4H3;1-9H. The summed E-state index contributed by atoms with van der Waals surface area (Å²) in [5.41, 5.74) is 21.4. The monoisotopic (exact) mass is 882 g/mol. The first kappa shape index (κ1) is 42.7. The van der Waals surface area contributed by atoms with Crippen molar-refractivity contribution in [3.63, 3.8) is 0 Å². The second-order valence-electron chi connectivity index (χ2n) is 15.4. The van der Waals surface area contributed by atoms with Crippen LogP contribution in [0.5, 0.6) is 0 Å². The van der Waals surface area contributed by atoms with E-state index in [-0.39, 0.29) is 0 Å². The van der Waals surface area contributed by atoms with Gasteiger partial charge in [0.15, 0.2) is 0 Å². The van der Waals surface area contributed by atoms with Crippen molar-refractivity contribution in [2.24, 2.45) is 0 Å². The minimum Gasteiger partial charge on any atom is -0.356 e. The van der Waals surface area contributed by atoms with Gasteiger partial charge >= 0.3 is 0 Å². The Labute approximate surface area is 366 Å². The van der Waals surface area contributed by atoms with Crippen molar-refractivity contribution < 1.29 is 0 Å². The molecule has 0 aliphatic heterocycles. The number of anilines is 5. The van der Waals surface area contributed by atoms with Gasteiger partial charge in [-0.05, 0) is 218 Å². The molecule has 0 saturated heterocycles. The van der Waals surface area contributed by atoms with Gasteiger partial charge in [-0.2, -0.15) is 0 Å². The van der Waals surface area contributed by atoms with Crippen LogP contribution in [0.2, 0.25) is 0 Å². The maximum atomic E-state index is 3.44. The summed E-state index contributed by atoms with van der Waals surface area (Å²) in [6.07, 6.45) is 0. The number of rotatable bonds is 7. The van der Waals surface area contributed by atoms with Gasteiger partial charge in [-0.15, -0.1) is 0 Å². The number of benzene rings is 8. The molecule has 0 unspecified atom stereocenters. The molecule has 296 valence electrons. The third-order valence-corrected chi connectivity index (χ3v) is 11.7. The fourth-order valence-corrected chi connectivity index (χ4v) is 7.05. The van der Waals surface area contributed by atoms with Crippen LogP contribution >= 0.6 is 22.6 Å². The molecular weight excluding hydrogens is 828 g/mol. The van der Waals surface area contributed by atoms with Crippen molar-refractivity contribution in [1.82, 2.24) is 0 Å². The number of nitrogens with zero attached hydrogens (tertiary/aromatic N) is 1. The Bertz CT molecular complexity index is 2490. The highest BCUT2D eigenvalue weighted by Gasteiger charge is 2.14. The molecule has 0 aliphatic carbocycles. The molecule has 3 heteroatoms. The van der Waals surface area contributed by atoms with Gasteiger partial charge in [-0.3, -0.25) is 0 Å². The second-order valence-corrected chi connectivity index (χ2v) is 16.6. The van der Waals surface area contributed by atoms with E-state index in [1.807, 2.05) is 6.07 Å². The van der Waals surface area contributed by atoms with E-state index in [4.69, 9.17) is 0 Å². The first-order valence-electron chi connectivity index (χ1n) is 20.3. The Balaban J connectivity index is 0.000000165. The summed E-state index contributed by atoms with van der Waals surface area (Å²) in [5.74, 6) is 0. The molecule has 0 heterocycles. The summed E-state index contributed by atoms with van der Waals surface area (Å²) in [4.78, 5) is 2.34. The van der Waals surface area contributed by atoms with E-state index >= 15 is 0 Å². The van der Waals surface area contributed by atoms with E-state index in [1.165, 1.54) is 81.7 Å². The third-order valence-electron chi connectivity index (χ3n) is 11.0. The fourth-order valence-electron chi connectivity index (χ4n) is 6.69. The zero-order valence-electron chi connectivity index (χ0n) is 35.6. The molecule has 0 aliphatic rings. The molecule has 0 bridgehead atoms. The highest BCUT2D eigenvalue weighted by Crippen LogP contribution is 2.37. The highest BCUT2D eigenvalue weighted by molar-refractivity contribution is 14.1. The topological polar surface area (TPSA) is 15.3 Å². The Morgan fingerprint density at radius 2 is 0.627 bits per heavy atom. The lowest BCUT2D eigenvalue weighted by molar-refractivity contribution is 1.23. The molecule has 2 nitrogen and oxygen atoms in total. The first-order valence-corrected chi connectivity index (χ1v) is 21.4. The number of halogens is 1. The van der Waals surface area contributed by atoms with Gasteiger partial charge < -0.3 is 10.2 Å². The summed E-state index contributed by atoms with van der Waals surface area (Å²) in [6, 6.07) is 64.6. The first-order chi connectivity index (χ1) is 28.4. The Morgan fingerprint density at radius 1 is 0.305 bits per heavy atom. The fraction of sp³-hybridized carbons (Fsp3) is 0.143. The van der Waals surface area contributed by atoms with Gasteiger partial charge in [0.25, 0.3) is 0 Å². The molecule has 0 fully saturated rings. The molecule has 0 saturated carbocycles. The van der Waals surface area contributed by atoms with E-state index in [0.29, 0.717) is 0 Å². The molecule has 0 radical (unpaired) electrons. The Kier molecular flexibility index (Phi) is 14.6. The SMILES string of the molecule is Cc1ccc(N(c2ccc(-c3ccccc3)cc2)c2ccc(C)c(C)c2)cc1C.Cc1ccc(Nc2ccc(C)c(C)c2)cc1C.Ic1ccc(-c2ccccc2)cc1. The van der Waals surface area contributed by atoms with E-state index in [2.05, 4.69) is 264 Å². The van der Waals surface area contributed by atoms with Crippen LogP contribution in [0.25, 0.3) is 22.3 Å². The summed E-state index contributed by atoms with van der Waals surface area (Å²) in [6.45, 7) is 17.2. The van der Waals surface area contributed by atoms with Crippen LogP contribution in [0.4, 0.5) is 28.4 Å². The Hall–Kier alpha value is -5.91. The number of aryl methyl sites for hydroxylation is 8. The number of hydrogen-bond donors (Lipinski definition) is 1. The molecule has 1 N–H and O–H groups in total.